The summed E-state index contributed by atoms with van der Waals surface area (Å²) in [5.41, 5.74) is 0. The second-order valence-corrected chi connectivity index (χ2v) is 5.06. The van der Waals surface area contributed by atoms with Gasteiger partial charge in [-0.1, -0.05) is 32.8 Å². The summed E-state index contributed by atoms with van der Waals surface area (Å²) in [6.07, 6.45) is 8.98. The zero-order valence-electron chi connectivity index (χ0n) is 9.76. The number of nitrogens with one attached hydrogen (secondary N) is 1. The van der Waals surface area contributed by atoms with Gasteiger partial charge in [-0.3, -0.25) is 0 Å². The Labute approximate surface area is 89.0 Å². The van der Waals surface area contributed by atoms with Gasteiger partial charge < -0.3 is 5.32 Å². The van der Waals surface area contributed by atoms with Gasteiger partial charge in [-0.15, -0.1) is 6.58 Å². The van der Waals surface area contributed by atoms with E-state index in [1.807, 2.05) is 6.08 Å². The summed E-state index contributed by atoms with van der Waals surface area (Å²) >= 11 is 0. The fourth-order valence-corrected chi connectivity index (χ4v) is 2.61. The van der Waals surface area contributed by atoms with Gasteiger partial charge in [0.05, 0.1) is 0 Å². The molecule has 0 aromatic heterocycles. The maximum atomic E-state index is 3.75. The molecule has 0 saturated heterocycles. The van der Waals surface area contributed by atoms with Crippen LogP contribution in [0, 0.1) is 11.8 Å². The molecule has 0 aliphatic heterocycles. The molecule has 1 aliphatic carbocycles. The van der Waals surface area contributed by atoms with E-state index in [1.54, 1.807) is 0 Å². The van der Waals surface area contributed by atoms with Crippen LogP contribution in [0.3, 0.4) is 0 Å². The van der Waals surface area contributed by atoms with Crippen LogP contribution in [0.4, 0.5) is 0 Å². The van der Waals surface area contributed by atoms with Gasteiger partial charge >= 0.3 is 0 Å². The predicted octanol–water partition coefficient (Wildman–Crippen LogP) is 3.37. The van der Waals surface area contributed by atoms with Crippen molar-refractivity contribution in [1.29, 1.82) is 0 Å². The predicted molar refractivity (Wildman–Crippen MR) is 63.4 cm³/mol. The largest absolute Gasteiger partial charge is 0.311 e. The minimum Gasteiger partial charge on any atom is -0.311 e. The molecule has 14 heavy (non-hydrogen) atoms. The lowest BCUT2D eigenvalue weighted by Crippen LogP contribution is -2.34. The van der Waals surface area contributed by atoms with E-state index in [2.05, 4.69) is 25.7 Å². The van der Waals surface area contributed by atoms with Crippen LogP contribution in [-0.4, -0.2) is 12.6 Å². The van der Waals surface area contributed by atoms with E-state index in [1.165, 1.54) is 32.1 Å². The molecule has 0 radical (unpaired) electrons. The fourth-order valence-electron chi connectivity index (χ4n) is 2.61. The van der Waals surface area contributed by atoms with Crippen molar-refractivity contribution in [3.8, 4) is 0 Å². The molecule has 82 valence electrons. The third-order valence-electron chi connectivity index (χ3n) is 3.14. The molecule has 1 nitrogen and oxygen atoms in total. The summed E-state index contributed by atoms with van der Waals surface area (Å²) in [4.78, 5) is 0. The summed E-state index contributed by atoms with van der Waals surface area (Å²) in [7, 11) is 0. The van der Waals surface area contributed by atoms with Gasteiger partial charge in [0.2, 0.25) is 0 Å². The van der Waals surface area contributed by atoms with Crippen LogP contribution in [0.25, 0.3) is 0 Å². The molecule has 0 aromatic carbocycles. The molecule has 0 aromatic rings. The average molecular weight is 195 g/mol. The Morgan fingerprint density at radius 3 is 2.86 bits per heavy atom. The summed E-state index contributed by atoms with van der Waals surface area (Å²) in [5.74, 6) is 1.82. The van der Waals surface area contributed by atoms with Crippen LogP contribution in [0.5, 0.6) is 0 Å². The summed E-state index contributed by atoms with van der Waals surface area (Å²) in [5, 5.41) is 3.56. The first-order valence-electron chi connectivity index (χ1n) is 6.06. The number of hydrogen-bond donors (Lipinski definition) is 1. The maximum Gasteiger partial charge on any atom is 0.0134 e. The molecule has 1 aliphatic rings. The van der Waals surface area contributed by atoms with E-state index >= 15 is 0 Å². The molecule has 1 saturated carbocycles. The third kappa shape index (κ3) is 4.28. The van der Waals surface area contributed by atoms with Gasteiger partial charge in [0.1, 0.15) is 0 Å². The molecule has 0 spiro atoms. The Morgan fingerprint density at radius 2 is 2.21 bits per heavy atom. The zero-order chi connectivity index (χ0) is 10.4. The van der Waals surface area contributed by atoms with E-state index in [0.29, 0.717) is 0 Å². The average Bonchev–Trinajstić information content (AvgIpc) is 2.14. The van der Waals surface area contributed by atoms with Crippen molar-refractivity contribution < 1.29 is 0 Å². The van der Waals surface area contributed by atoms with Gasteiger partial charge in [0.15, 0.2) is 0 Å². The smallest absolute Gasteiger partial charge is 0.0134 e. The zero-order valence-corrected chi connectivity index (χ0v) is 9.76. The van der Waals surface area contributed by atoms with Gasteiger partial charge in [0, 0.05) is 12.6 Å². The third-order valence-corrected chi connectivity index (χ3v) is 3.14. The highest BCUT2D eigenvalue weighted by atomic mass is 14.9. The SMILES string of the molecule is C=CCNC1CCCC(CC(C)C)C1. The van der Waals surface area contributed by atoms with Crippen LogP contribution >= 0.6 is 0 Å². The van der Waals surface area contributed by atoms with Crippen molar-refractivity contribution in [1.82, 2.24) is 5.32 Å². The van der Waals surface area contributed by atoms with Crippen molar-refractivity contribution in [3.05, 3.63) is 12.7 Å². The van der Waals surface area contributed by atoms with Gasteiger partial charge in [-0.05, 0) is 31.1 Å². The molecular weight excluding hydrogens is 170 g/mol. The van der Waals surface area contributed by atoms with Crippen molar-refractivity contribution in [2.45, 2.75) is 52.0 Å². The van der Waals surface area contributed by atoms with Crippen LogP contribution < -0.4 is 5.32 Å². The maximum absolute atomic E-state index is 3.75. The molecule has 1 N–H and O–H groups in total. The summed E-state index contributed by atoms with van der Waals surface area (Å²) in [6, 6.07) is 0.755. The number of rotatable bonds is 5. The van der Waals surface area contributed by atoms with Crippen LogP contribution in [-0.2, 0) is 0 Å². The Hall–Kier alpha value is -0.300. The highest BCUT2D eigenvalue weighted by Gasteiger charge is 2.21. The van der Waals surface area contributed by atoms with Crippen molar-refractivity contribution >= 4 is 0 Å². The van der Waals surface area contributed by atoms with Crippen LogP contribution in [0.15, 0.2) is 12.7 Å². The second-order valence-electron chi connectivity index (χ2n) is 5.06. The molecule has 1 fully saturated rings. The molecule has 0 amide bonds. The first-order valence-corrected chi connectivity index (χ1v) is 6.06. The molecule has 0 heterocycles. The normalized spacial score (nSPS) is 27.9. The lowest BCUT2D eigenvalue weighted by Gasteiger charge is -2.30. The molecule has 0 bridgehead atoms. The molecule has 1 heteroatoms. The number of hydrogen-bond acceptors (Lipinski definition) is 1. The first-order chi connectivity index (χ1) is 6.72. The Balaban J connectivity index is 2.24. The Bertz CT molecular complexity index is 163. The summed E-state index contributed by atoms with van der Waals surface area (Å²) in [6.45, 7) is 9.39. The Kier molecular flexibility index (Phi) is 5.24. The van der Waals surface area contributed by atoms with Crippen molar-refractivity contribution in [2.75, 3.05) is 6.54 Å². The minimum absolute atomic E-state index is 0.755. The second kappa shape index (κ2) is 6.23. The quantitative estimate of drug-likeness (QED) is 0.663. The van der Waals surface area contributed by atoms with Crippen molar-refractivity contribution in [2.24, 2.45) is 11.8 Å². The molecule has 2 unspecified atom stereocenters. The Morgan fingerprint density at radius 1 is 1.43 bits per heavy atom. The van der Waals surface area contributed by atoms with E-state index < -0.39 is 0 Å². The van der Waals surface area contributed by atoms with Crippen LogP contribution in [0.1, 0.15) is 46.0 Å². The minimum atomic E-state index is 0.755. The van der Waals surface area contributed by atoms with Gasteiger partial charge in [-0.25, -0.2) is 0 Å². The fraction of sp³-hybridized carbons (Fsp3) is 0.846. The van der Waals surface area contributed by atoms with Gasteiger partial charge in [-0.2, -0.15) is 0 Å². The topological polar surface area (TPSA) is 12.0 Å². The lowest BCUT2D eigenvalue weighted by molar-refractivity contribution is 0.257. The molecule has 2 atom stereocenters. The van der Waals surface area contributed by atoms with E-state index in [0.717, 1.165) is 24.4 Å². The highest BCUT2D eigenvalue weighted by Crippen LogP contribution is 2.29. The van der Waals surface area contributed by atoms with E-state index in [9.17, 15) is 0 Å². The van der Waals surface area contributed by atoms with Crippen LogP contribution in [0.2, 0.25) is 0 Å². The standard InChI is InChI=1S/C13H25N/c1-4-8-14-13-7-5-6-12(10-13)9-11(2)3/h4,11-14H,1,5-10H2,2-3H3. The van der Waals surface area contributed by atoms with Gasteiger partial charge in [0.25, 0.3) is 0 Å². The first kappa shape index (κ1) is 11.8. The van der Waals surface area contributed by atoms with Crippen molar-refractivity contribution in [3.63, 3.8) is 0 Å². The highest BCUT2D eigenvalue weighted by molar-refractivity contribution is 4.81. The van der Waals surface area contributed by atoms with E-state index in [4.69, 9.17) is 0 Å². The lowest BCUT2D eigenvalue weighted by atomic mass is 9.81. The summed E-state index contributed by atoms with van der Waals surface area (Å²) < 4.78 is 0. The molecule has 1 rings (SSSR count). The monoisotopic (exact) mass is 195 g/mol. The van der Waals surface area contributed by atoms with E-state index in [-0.39, 0.29) is 0 Å². The molecular formula is C13H25N.